The predicted octanol–water partition coefficient (Wildman–Crippen LogP) is 2.75. The first-order valence-corrected chi connectivity index (χ1v) is 4.59. The summed E-state index contributed by atoms with van der Waals surface area (Å²) in [6, 6.07) is 9.75. The third kappa shape index (κ3) is 2.12. The second-order valence-electron chi connectivity index (χ2n) is 3.51. The van der Waals surface area contributed by atoms with Crippen LogP contribution in [0.4, 0.5) is 0 Å². The molecule has 0 heterocycles. The van der Waals surface area contributed by atoms with E-state index < -0.39 is 0 Å². The first kappa shape index (κ1) is 10.3. The van der Waals surface area contributed by atoms with Gasteiger partial charge in [-0.1, -0.05) is 19.9 Å². The van der Waals surface area contributed by atoms with Gasteiger partial charge in [0.2, 0.25) is 0 Å². The van der Waals surface area contributed by atoms with Crippen LogP contribution < -0.4 is 0 Å². The van der Waals surface area contributed by atoms with Gasteiger partial charge in [-0.25, -0.2) is 0 Å². The number of rotatable bonds is 2. The summed E-state index contributed by atoms with van der Waals surface area (Å²) < 4.78 is 0. The Morgan fingerprint density at radius 1 is 1.29 bits per heavy atom. The van der Waals surface area contributed by atoms with Gasteiger partial charge < -0.3 is 0 Å². The Morgan fingerprint density at radius 2 is 2.00 bits per heavy atom. The van der Waals surface area contributed by atoms with Crippen molar-refractivity contribution in [2.45, 2.75) is 26.2 Å². The van der Waals surface area contributed by atoms with Crippen molar-refractivity contribution in [1.82, 2.24) is 0 Å². The number of nitriles is 2. The van der Waals surface area contributed by atoms with Crippen molar-refractivity contribution < 1.29 is 0 Å². The van der Waals surface area contributed by atoms with E-state index in [2.05, 4.69) is 26.0 Å². The Bertz CT molecular complexity index is 405. The highest BCUT2D eigenvalue weighted by Crippen LogP contribution is 2.21. The van der Waals surface area contributed by atoms with Gasteiger partial charge in [-0.2, -0.15) is 10.5 Å². The summed E-state index contributed by atoms with van der Waals surface area (Å²) in [5.74, 6) is 0.353. The van der Waals surface area contributed by atoms with Crippen molar-refractivity contribution >= 4 is 0 Å². The molecule has 1 aromatic rings. The van der Waals surface area contributed by atoms with E-state index in [1.165, 1.54) is 0 Å². The molecular weight excluding hydrogens is 172 g/mol. The Kier molecular flexibility index (Phi) is 3.26. The lowest BCUT2D eigenvalue weighted by Crippen LogP contribution is -1.96. The molecule has 0 bridgehead atoms. The lowest BCUT2D eigenvalue weighted by Gasteiger charge is -2.10. The van der Waals surface area contributed by atoms with Crippen LogP contribution in [0.1, 0.15) is 36.5 Å². The van der Waals surface area contributed by atoms with Gasteiger partial charge in [0.05, 0.1) is 24.1 Å². The topological polar surface area (TPSA) is 47.6 Å². The summed E-state index contributed by atoms with van der Waals surface area (Å²) in [7, 11) is 0. The van der Waals surface area contributed by atoms with Gasteiger partial charge >= 0.3 is 0 Å². The van der Waals surface area contributed by atoms with Crippen molar-refractivity contribution in [3.05, 3.63) is 34.9 Å². The van der Waals surface area contributed by atoms with E-state index >= 15 is 0 Å². The third-order valence-corrected chi connectivity index (χ3v) is 2.17. The largest absolute Gasteiger partial charge is 0.198 e. The molecule has 0 atom stereocenters. The van der Waals surface area contributed by atoms with Crippen molar-refractivity contribution in [3.8, 4) is 12.1 Å². The van der Waals surface area contributed by atoms with Crippen molar-refractivity contribution in [3.63, 3.8) is 0 Å². The fourth-order valence-corrected chi connectivity index (χ4v) is 1.45. The van der Waals surface area contributed by atoms with Crippen LogP contribution in [0.2, 0.25) is 0 Å². The maximum atomic E-state index is 8.75. The molecule has 0 aliphatic carbocycles. The zero-order valence-corrected chi connectivity index (χ0v) is 8.41. The highest BCUT2D eigenvalue weighted by molar-refractivity contribution is 5.40. The van der Waals surface area contributed by atoms with E-state index in [0.29, 0.717) is 17.9 Å². The number of hydrogen-bond acceptors (Lipinski definition) is 2. The molecule has 0 fully saturated rings. The van der Waals surface area contributed by atoms with Gasteiger partial charge in [0.25, 0.3) is 0 Å². The van der Waals surface area contributed by atoms with Crippen molar-refractivity contribution in [2.24, 2.45) is 0 Å². The van der Waals surface area contributed by atoms with E-state index in [1.807, 2.05) is 12.1 Å². The van der Waals surface area contributed by atoms with Gasteiger partial charge in [-0.3, -0.25) is 0 Å². The fourth-order valence-electron chi connectivity index (χ4n) is 1.45. The maximum Gasteiger partial charge on any atom is 0.0991 e. The van der Waals surface area contributed by atoms with Gasteiger partial charge in [-0.15, -0.1) is 0 Å². The minimum Gasteiger partial charge on any atom is -0.198 e. The second kappa shape index (κ2) is 4.44. The SMILES string of the molecule is CC(C)c1cc(C#N)ccc1CC#N. The van der Waals surface area contributed by atoms with Crippen LogP contribution in [0.5, 0.6) is 0 Å². The fraction of sp³-hybridized carbons (Fsp3) is 0.333. The zero-order chi connectivity index (χ0) is 10.6. The summed E-state index contributed by atoms with van der Waals surface area (Å²) in [5.41, 5.74) is 2.79. The first-order chi connectivity index (χ1) is 6.69. The van der Waals surface area contributed by atoms with E-state index in [0.717, 1.165) is 11.1 Å². The molecule has 0 aliphatic heterocycles. The Hall–Kier alpha value is -1.80. The minimum absolute atomic E-state index is 0.353. The van der Waals surface area contributed by atoms with Crippen LogP contribution in [0.25, 0.3) is 0 Å². The molecule has 1 aromatic carbocycles. The molecule has 0 saturated heterocycles. The van der Waals surface area contributed by atoms with E-state index in [4.69, 9.17) is 10.5 Å². The zero-order valence-electron chi connectivity index (χ0n) is 8.41. The van der Waals surface area contributed by atoms with Crippen LogP contribution in [0.15, 0.2) is 18.2 Å². The Morgan fingerprint density at radius 3 is 2.50 bits per heavy atom. The molecule has 0 amide bonds. The van der Waals surface area contributed by atoms with Gasteiger partial charge in [-0.05, 0) is 29.2 Å². The molecule has 0 N–H and O–H groups in total. The standard InChI is InChI=1S/C12H12N2/c1-9(2)12-7-10(8-14)3-4-11(12)5-6-13/h3-4,7,9H,5H2,1-2H3. The Labute approximate surface area is 84.4 Å². The second-order valence-corrected chi connectivity index (χ2v) is 3.51. The van der Waals surface area contributed by atoms with E-state index in [1.54, 1.807) is 6.07 Å². The van der Waals surface area contributed by atoms with Crippen LogP contribution >= 0.6 is 0 Å². The summed E-state index contributed by atoms with van der Waals surface area (Å²) >= 11 is 0. The van der Waals surface area contributed by atoms with Gasteiger partial charge in [0.15, 0.2) is 0 Å². The van der Waals surface area contributed by atoms with Gasteiger partial charge in [0.1, 0.15) is 0 Å². The smallest absolute Gasteiger partial charge is 0.0991 e. The molecule has 2 heteroatoms. The lowest BCUT2D eigenvalue weighted by atomic mass is 9.94. The summed E-state index contributed by atoms with van der Waals surface area (Å²) in [4.78, 5) is 0. The monoisotopic (exact) mass is 184 g/mol. The summed E-state index contributed by atoms with van der Waals surface area (Å²) in [5, 5.41) is 17.4. The quantitative estimate of drug-likeness (QED) is 0.709. The molecule has 0 aliphatic rings. The van der Waals surface area contributed by atoms with Crippen molar-refractivity contribution in [1.29, 1.82) is 10.5 Å². The van der Waals surface area contributed by atoms with E-state index in [9.17, 15) is 0 Å². The molecular formula is C12H12N2. The third-order valence-electron chi connectivity index (χ3n) is 2.17. The van der Waals surface area contributed by atoms with Crippen LogP contribution in [-0.2, 0) is 6.42 Å². The van der Waals surface area contributed by atoms with Gasteiger partial charge in [0, 0.05) is 0 Å². The first-order valence-electron chi connectivity index (χ1n) is 4.59. The molecule has 0 aromatic heterocycles. The summed E-state index contributed by atoms with van der Waals surface area (Å²) in [6.45, 7) is 4.13. The summed E-state index contributed by atoms with van der Waals surface area (Å²) in [6.07, 6.45) is 0.416. The molecule has 70 valence electrons. The van der Waals surface area contributed by atoms with Crippen LogP contribution in [0, 0.1) is 22.7 Å². The highest BCUT2D eigenvalue weighted by atomic mass is 14.3. The molecule has 0 radical (unpaired) electrons. The molecule has 2 nitrogen and oxygen atoms in total. The highest BCUT2D eigenvalue weighted by Gasteiger charge is 2.07. The average molecular weight is 184 g/mol. The number of hydrogen-bond donors (Lipinski definition) is 0. The average Bonchev–Trinajstić information content (AvgIpc) is 2.18. The lowest BCUT2D eigenvalue weighted by molar-refractivity contribution is 0.850. The maximum absolute atomic E-state index is 8.75. The van der Waals surface area contributed by atoms with E-state index in [-0.39, 0.29) is 0 Å². The number of nitrogens with zero attached hydrogens (tertiary/aromatic N) is 2. The normalized spacial score (nSPS) is 9.50. The molecule has 14 heavy (non-hydrogen) atoms. The molecule has 1 rings (SSSR count). The minimum atomic E-state index is 0.353. The Balaban J connectivity index is 3.20. The molecule has 0 unspecified atom stereocenters. The van der Waals surface area contributed by atoms with Crippen molar-refractivity contribution in [2.75, 3.05) is 0 Å². The number of benzene rings is 1. The predicted molar refractivity (Wildman–Crippen MR) is 54.6 cm³/mol. The molecule has 0 spiro atoms. The van der Waals surface area contributed by atoms with Crippen LogP contribution in [0.3, 0.4) is 0 Å². The van der Waals surface area contributed by atoms with Crippen LogP contribution in [-0.4, -0.2) is 0 Å². The molecule has 0 saturated carbocycles.